The summed E-state index contributed by atoms with van der Waals surface area (Å²) >= 11 is 0. The minimum Gasteiger partial charge on any atom is -0.374 e. The molecule has 2 aromatic rings. The molecular weight excluding hydrogens is 400 g/mol. The van der Waals surface area contributed by atoms with Crippen LogP contribution in [-0.4, -0.2) is 20.6 Å². The van der Waals surface area contributed by atoms with Crippen LogP contribution < -0.4 is 9.80 Å². The molecule has 0 aliphatic carbocycles. The molecule has 0 aliphatic rings. The van der Waals surface area contributed by atoms with Crippen LogP contribution in [0.3, 0.4) is 0 Å². The van der Waals surface area contributed by atoms with Crippen LogP contribution in [0.1, 0.15) is 63.3 Å². The summed E-state index contributed by atoms with van der Waals surface area (Å²) in [5.74, 6) is 0.447. The van der Waals surface area contributed by atoms with Gasteiger partial charge in [0.05, 0.1) is 0 Å². The van der Waals surface area contributed by atoms with Gasteiger partial charge in [0.25, 0.3) is 0 Å². The van der Waals surface area contributed by atoms with Gasteiger partial charge in [-0.1, -0.05) is 76.4 Å². The van der Waals surface area contributed by atoms with E-state index in [9.17, 15) is 0 Å². The Morgan fingerprint density at radius 2 is 1.73 bits per heavy atom. The van der Waals surface area contributed by atoms with E-state index in [1.165, 1.54) is 44.9 Å². The van der Waals surface area contributed by atoms with Crippen LogP contribution >= 0.6 is 0 Å². The highest BCUT2D eigenvalue weighted by Gasteiger charge is 2.19. The second kappa shape index (κ2) is 12.3. The lowest BCUT2D eigenvalue weighted by Gasteiger charge is -2.29. The quantitative estimate of drug-likeness (QED) is 0.322. The molecule has 0 saturated carbocycles. The highest BCUT2D eigenvalue weighted by Crippen LogP contribution is 2.37. The zero-order chi connectivity index (χ0) is 24.5. The van der Waals surface area contributed by atoms with E-state index < -0.39 is 0 Å². The molecule has 0 aromatic heterocycles. The predicted molar refractivity (Wildman–Crippen MR) is 151 cm³/mol. The molecule has 176 valence electrons. The molecule has 2 aromatic carbocycles. The lowest BCUT2D eigenvalue weighted by Crippen LogP contribution is -2.20. The molecule has 0 fully saturated rings. The van der Waals surface area contributed by atoms with E-state index in [2.05, 4.69) is 120 Å². The van der Waals surface area contributed by atoms with Crippen LogP contribution in [0.15, 0.2) is 67.8 Å². The predicted octanol–water partition coefficient (Wildman–Crippen LogP) is 8.46. The first-order valence-electron chi connectivity index (χ1n) is 12.2. The lowest BCUT2D eigenvalue weighted by molar-refractivity contribution is 0.717. The third-order valence-electron chi connectivity index (χ3n) is 6.66. The Kier molecular flexibility index (Phi) is 9.78. The van der Waals surface area contributed by atoms with E-state index in [0.29, 0.717) is 5.92 Å². The van der Waals surface area contributed by atoms with E-state index in [1.54, 1.807) is 0 Å². The Bertz CT molecular complexity index is 1030. The van der Waals surface area contributed by atoms with E-state index in [-0.39, 0.29) is 0 Å². The number of anilines is 2. The maximum atomic E-state index is 4.07. The van der Waals surface area contributed by atoms with Gasteiger partial charge in [-0.3, -0.25) is 0 Å². The van der Waals surface area contributed by atoms with Crippen molar-refractivity contribution in [3.8, 4) is 0 Å². The van der Waals surface area contributed by atoms with Crippen molar-refractivity contribution in [3.05, 3.63) is 90.0 Å². The fourth-order valence-electron chi connectivity index (χ4n) is 4.24. The second-order valence-electron chi connectivity index (χ2n) is 8.59. The maximum absolute atomic E-state index is 4.07. The van der Waals surface area contributed by atoms with E-state index in [4.69, 9.17) is 0 Å². The molecule has 2 nitrogen and oxygen atoms in total. The minimum atomic E-state index is 0.447. The minimum absolute atomic E-state index is 0.447. The third kappa shape index (κ3) is 5.87. The van der Waals surface area contributed by atoms with E-state index in [1.807, 2.05) is 12.2 Å². The zero-order valence-corrected chi connectivity index (χ0v) is 21.8. The van der Waals surface area contributed by atoms with Gasteiger partial charge >= 0.3 is 0 Å². The van der Waals surface area contributed by atoms with Gasteiger partial charge in [0, 0.05) is 48.8 Å². The molecular formula is C31H42N2. The summed E-state index contributed by atoms with van der Waals surface area (Å²) in [5, 5.41) is 0. The molecule has 0 saturated heterocycles. The Hall–Kier alpha value is -3.00. The number of nitrogens with zero attached hydrogens (tertiary/aromatic N) is 2. The van der Waals surface area contributed by atoms with Crippen LogP contribution in [0.5, 0.6) is 0 Å². The average Bonchev–Trinajstić information content (AvgIpc) is 2.86. The molecule has 0 amide bonds. The Morgan fingerprint density at radius 1 is 1.00 bits per heavy atom. The van der Waals surface area contributed by atoms with Crippen LogP contribution in [0.2, 0.25) is 0 Å². The lowest BCUT2D eigenvalue weighted by atomic mass is 9.89. The van der Waals surface area contributed by atoms with Gasteiger partial charge in [-0.2, -0.15) is 0 Å². The smallest absolute Gasteiger partial charge is 0.0444 e. The van der Waals surface area contributed by atoms with Gasteiger partial charge in [-0.25, -0.2) is 0 Å². The third-order valence-corrected chi connectivity index (χ3v) is 6.66. The maximum Gasteiger partial charge on any atom is 0.0444 e. The molecule has 1 atom stereocenters. The first-order valence-corrected chi connectivity index (χ1v) is 12.2. The van der Waals surface area contributed by atoms with Gasteiger partial charge < -0.3 is 9.80 Å². The summed E-state index contributed by atoms with van der Waals surface area (Å²) in [5.41, 5.74) is 9.90. The molecule has 33 heavy (non-hydrogen) atoms. The van der Waals surface area contributed by atoms with Crippen molar-refractivity contribution >= 4 is 28.7 Å². The van der Waals surface area contributed by atoms with Gasteiger partial charge in [-0.15, -0.1) is 0 Å². The molecule has 0 N–H and O–H groups in total. The topological polar surface area (TPSA) is 6.48 Å². The normalized spacial score (nSPS) is 12.9. The largest absolute Gasteiger partial charge is 0.374 e. The van der Waals surface area contributed by atoms with Crippen molar-refractivity contribution in [3.63, 3.8) is 0 Å². The second-order valence-corrected chi connectivity index (χ2v) is 8.59. The SMILES string of the molecule is C=C/C=C(\c1cc(N(C)/C(=C/C)c2ccc(CC)cc2C=C)ccc1N(C)CC)C(C)CC. The summed E-state index contributed by atoms with van der Waals surface area (Å²) in [6.45, 7) is 20.0. The molecule has 1 unspecified atom stereocenters. The Morgan fingerprint density at radius 3 is 2.27 bits per heavy atom. The standard InChI is InChI=1S/C31H42N2/c1-10-16-27(23(7)11-2)29-22-26(18-20-31(29)32(8)15-6)33(9)30(14-5)28-19-17-24(12-3)21-25(28)13-4/h10,13-14,16-23H,1,4,11-12,15H2,2-3,5-9H3/b27-16-,30-14+. The fourth-order valence-corrected chi connectivity index (χ4v) is 4.24. The molecule has 2 heteroatoms. The van der Waals surface area contributed by atoms with E-state index in [0.717, 1.165) is 19.4 Å². The van der Waals surface area contributed by atoms with Crippen molar-refractivity contribution in [1.82, 2.24) is 0 Å². The number of hydrogen-bond acceptors (Lipinski definition) is 2. The van der Waals surface area contributed by atoms with Gasteiger partial charge in [0.2, 0.25) is 0 Å². The monoisotopic (exact) mass is 442 g/mol. The van der Waals surface area contributed by atoms with Crippen LogP contribution in [0, 0.1) is 5.92 Å². The number of rotatable bonds is 11. The highest BCUT2D eigenvalue weighted by atomic mass is 15.1. The Balaban J connectivity index is 2.65. The van der Waals surface area contributed by atoms with Crippen LogP contribution in [0.25, 0.3) is 17.3 Å². The summed E-state index contributed by atoms with van der Waals surface area (Å²) in [4.78, 5) is 4.60. The van der Waals surface area contributed by atoms with E-state index >= 15 is 0 Å². The molecule has 0 radical (unpaired) electrons. The van der Waals surface area contributed by atoms with Crippen molar-refractivity contribution in [2.45, 2.75) is 47.5 Å². The number of benzene rings is 2. The molecule has 0 heterocycles. The summed E-state index contributed by atoms with van der Waals surface area (Å²) in [6.07, 6.45) is 10.3. The number of aryl methyl sites for hydroxylation is 1. The summed E-state index contributed by atoms with van der Waals surface area (Å²) < 4.78 is 0. The number of allylic oxidation sites excluding steroid dienone is 4. The first-order chi connectivity index (χ1) is 15.9. The van der Waals surface area contributed by atoms with Crippen molar-refractivity contribution in [1.29, 1.82) is 0 Å². The van der Waals surface area contributed by atoms with Crippen molar-refractivity contribution in [2.75, 3.05) is 30.4 Å². The van der Waals surface area contributed by atoms with Crippen LogP contribution in [-0.2, 0) is 6.42 Å². The van der Waals surface area contributed by atoms with Gasteiger partial charge in [0.15, 0.2) is 0 Å². The summed E-state index contributed by atoms with van der Waals surface area (Å²) in [7, 11) is 4.31. The summed E-state index contributed by atoms with van der Waals surface area (Å²) in [6, 6.07) is 13.5. The van der Waals surface area contributed by atoms with Crippen molar-refractivity contribution < 1.29 is 0 Å². The average molecular weight is 443 g/mol. The Labute approximate surface area is 202 Å². The molecule has 0 spiro atoms. The van der Waals surface area contributed by atoms with Crippen LogP contribution in [0.4, 0.5) is 11.4 Å². The first kappa shape index (κ1) is 26.3. The fraction of sp³-hybridized carbons (Fsp3) is 0.355. The van der Waals surface area contributed by atoms with Crippen molar-refractivity contribution in [2.24, 2.45) is 5.92 Å². The number of hydrogen-bond donors (Lipinski definition) is 0. The van der Waals surface area contributed by atoms with Gasteiger partial charge in [-0.05, 0) is 67.5 Å². The molecule has 2 rings (SSSR count). The molecule has 0 aliphatic heterocycles. The molecule has 0 bridgehead atoms. The van der Waals surface area contributed by atoms with Gasteiger partial charge in [0.1, 0.15) is 0 Å². The highest BCUT2D eigenvalue weighted by molar-refractivity contribution is 5.87. The zero-order valence-electron chi connectivity index (χ0n) is 21.8.